The predicted molar refractivity (Wildman–Crippen MR) is 162 cm³/mol. The topological polar surface area (TPSA) is 150 Å². The van der Waals surface area contributed by atoms with Crippen molar-refractivity contribution in [3.8, 4) is 0 Å². The first-order valence-corrected chi connectivity index (χ1v) is 16.4. The molecule has 1 aromatic rings. The highest BCUT2D eigenvalue weighted by Crippen LogP contribution is 2.70. The number of carbonyl (C=O) groups is 3. The standard InChI is InChI=1S/C33H48N4O7/c1-20(38)44-26-17-33(42)25-6-5-22-16-23(36-30(41)35-13-15-37-14-12-34-27(39)18-37)8-10-31(22,2)24(25)9-11-32(33,3)29(26)21-4-7-28(40)43-19-21/h4,7,19,22-26,29,42H,5-6,8-18H2,1-3H3,(H,34,39)(H2,35,36,41)/t22-,23+,24+,25-,26+,29+,31+,32-,33+/m1/s1. The highest BCUT2D eigenvalue weighted by Gasteiger charge is 2.70. The van der Waals surface area contributed by atoms with E-state index in [9.17, 15) is 24.3 Å². The van der Waals surface area contributed by atoms with Crippen molar-refractivity contribution in [3.05, 3.63) is 34.4 Å². The van der Waals surface area contributed by atoms with E-state index >= 15 is 0 Å². The lowest BCUT2D eigenvalue weighted by molar-refractivity contribution is -0.202. The van der Waals surface area contributed by atoms with E-state index in [1.807, 2.05) is 4.90 Å². The molecule has 0 unspecified atom stereocenters. The Kier molecular flexibility index (Phi) is 8.32. The minimum atomic E-state index is -1.02. The highest BCUT2D eigenvalue weighted by atomic mass is 16.5. The summed E-state index contributed by atoms with van der Waals surface area (Å²) in [6.45, 7) is 8.90. The molecule has 3 amide bonds. The van der Waals surface area contributed by atoms with Crippen molar-refractivity contribution in [2.24, 2.45) is 28.6 Å². The van der Waals surface area contributed by atoms with Gasteiger partial charge in [0.2, 0.25) is 5.91 Å². The number of urea groups is 1. The van der Waals surface area contributed by atoms with Crippen molar-refractivity contribution >= 4 is 17.9 Å². The first kappa shape index (κ1) is 31.1. The van der Waals surface area contributed by atoms with Crippen molar-refractivity contribution in [1.29, 1.82) is 0 Å². The van der Waals surface area contributed by atoms with Gasteiger partial charge in [0, 0.05) is 63.0 Å². The highest BCUT2D eigenvalue weighted by molar-refractivity contribution is 5.78. The van der Waals surface area contributed by atoms with Crippen LogP contribution in [-0.4, -0.2) is 78.4 Å². The third-order valence-corrected chi connectivity index (χ3v) is 12.4. The quantitative estimate of drug-likeness (QED) is 0.358. The lowest BCUT2D eigenvalue weighted by Gasteiger charge is -2.63. The van der Waals surface area contributed by atoms with Gasteiger partial charge in [-0.2, -0.15) is 0 Å². The van der Waals surface area contributed by atoms with E-state index in [2.05, 4.69) is 29.8 Å². The van der Waals surface area contributed by atoms with Gasteiger partial charge in [-0.25, -0.2) is 9.59 Å². The fourth-order valence-electron chi connectivity index (χ4n) is 10.3. The average molecular weight is 613 g/mol. The van der Waals surface area contributed by atoms with E-state index in [0.717, 1.165) is 57.1 Å². The summed E-state index contributed by atoms with van der Waals surface area (Å²) in [5.74, 6) is 0.250. The van der Waals surface area contributed by atoms with E-state index in [1.54, 1.807) is 6.07 Å². The predicted octanol–water partition coefficient (Wildman–Crippen LogP) is 2.52. The number of carbonyl (C=O) groups excluding carboxylic acids is 3. The summed E-state index contributed by atoms with van der Waals surface area (Å²) in [5.41, 5.74) is -1.14. The fourth-order valence-corrected chi connectivity index (χ4v) is 10.3. The van der Waals surface area contributed by atoms with E-state index in [-0.39, 0.29) is 41.2 Å². The number of fused-ring (bicyclic) bond motifs is 5. The van der Waals surface area contributed by atoms with Gasteiger partial charge in [-0.15, -0.1) is 0 Å². The first-order chi connectivity index (χ1) is 20.9. The number of hydrogen-bond acceptors (Lipinski definition) is 8. The first-order valence-electron chi connectivity index (χ1n) is 16.4. The summed E-state index contributed by atoms with van der Waals surface area (Å²) >= 11 is 0. The molecule has 9 atom stereocenters. The molecule has 1 aromatic heterocycles. The summed E-state index contributed by atoms with van der Waals surface area (Å²) in [4.78, 5) is 50.3. The van der Waals surface area contributed by atoms with Crippen LogP contribution in [-0.2, 0) is 14.3 Å². The molecule has 4 aliphatic carbocycles. The smallest absolute Gasteiger partial charge is 0.335 e. The summed E-state index contributed by atoms with van der Waals surface area (Å²) < 4.78 is 11.1. The van der Waals surface area contributed by atoms with Gasteiger partial charge in [-0.1, -0.05) is 13.8 Å². The number of piperazine rings is 1. The normalized spacial score (nSPS) is 40.1. The number of hydrogen-bond donors (Lipinski definition) is 4. The van der Waals surface area contributed by atoms with Crippen LogP contribution >= 0.6 is 0 Å². The average Bonchev–Trinajstić information content (AvgIpc) is 3.19. The van der Waals surface area contributed by atoms with Crippen LogP contribution in [0.1, 0.15) is 83.6 Å². The molecular weight excluding hydrogens is 564 g/mol. The van der Waals surface area contributed by atoms with Crippen molar-refractivity contribution < 1.29 is 28.6 Å². The SMILES string of the molecule is CC(=O)O[C@H]1C[C@]2(O)[C@@H]3CC[C@@H]4C[C@@H](NC(=O)NCCN5CCNC(=O)C5)CC[C@]4(C)[C@H]3CC[C@]2(C)[C@H]1c1ccc(=O)oc1. The second-order valence-corrected chi connectivity index (χ2v) is 14.6. The van der Waals surface area contributed by atoms with Crippen molar-refractivity contribution in [3.63, 3.8) is 0 Å². The molecule has 1 aliphatic heterocycles. The fraction of sp³-hybridized carbons (Fsp3) is 0.758. The molecule has 1 saturated heterocycles. The van der Waals surface area contributed by atoms with Crippen molar-refractivity contribution in [2.75, 3.05) is 32.7 Å². The van der Waals surface area contributed by atoms with Gasteiger partial charge in [0.05, 0.1) is 18.4 Å². The Bertz CT molecular complexity index is 1310. The number of aliphatic hydroxyl groups is 1. The molecule has 2 heterocycles. The molecule has 4 N–H and O–H groups in total. The van der Waals surface area contributed by atoms with E-state index in [1.165, 1.54) is 19.3 Å². The van der Waals surface area contributed by atoms with Crippen LogP contribution in [0.15, 0.2) is 27.6 Å². The van der Waals surface area contributed by atoms with Crippen LogP contribution < -0.4 is 21.6 Å². The molecule has 0 spiro atoms. The van der Waals surface area contributed by atoms with Gasteiger partial charge in [0.15, 0.2) is 0 Å². The van der Waals surface area contributed by atoms with E-state index in [4.69, 9.17) is 9.15 Å². The summed E-state index contributed by atoms with van der Waals surface area (Å²) in [5, 5.41) is 21.7. The number of nitrogens with one attached hydrogen (secondary N) is 3. The molecule has 5 fully saturated rings. The van der Waals surface area contributed by atoms with Crippen LogP contribution in [0.25, 0.3) is 0 Å². The monoisotopic (exact) mass is 612 g/mol. The maximum atomic E-state index is 12.7. The number of ether oxygens (including phenoxy) is 1. The molecule has 6 rings (SSSR count). The zero-order valence-electron chi connectivity index (χ0n) is 26.2. The molecule has 44 heavy (non-hydrogen) atoms. The molecular formula is C33H48N4O7. The largest absolute Gasteiger partial charge is 0.462 e. The van der Waals surface area contributed by atoms with Crippen LogP contribution in [0.3, 0.4) is 0 Å². The molecule has 0 radical (unpaired) electrons. The Morgan fingerprint density at radius 2 is 1.95 bits per heavy atom. The number of rotatable bonds is 6. The van der Waals surface area contributed by atoms with Gasteiger partial charge in [-0.05, 0) is 79.7 Å². The second-order valence-electron chi connectivity index (χ2n) is 14.6. The Morgan fingerprint density at radius 1 is 1.14 bits per heavy atom. The molecule has 0 aromatic carbocycles. The van der Waals surface area contributed by atoms with Gasteiger partial charge in [-0.3, -0.25) is 14.5 Å². The molecule has 0 bridgehead atoms. The molecule has 242 valence electrons. The number of amides is 3. The Hall–Kier alpha value is -2.92. The summed E-state index contributed by atoms with van der Waals surface area (Å²) in [6, 6.07) is 3.12. The molecule has 5 aliphatic rings. The van der Waals surface area contributed by atoms with Crippen molar-refractivity contribution in [1.82, 2.24) is 20.9 Å². The maximum Gasteiger partial charge on any atom is 0.335 e. The van der Waals surface area contributed by atoms with E-state index < -0.39 is 22.7 Å². The lowest BCUT2D eigenvalue weighted by atomic mass is 9.43. The summed E-state index contributed by atoms with van der Waals surface area (Å²) in [6.07, 6.45) is 7.80. The zero-order valence-corrected chi connectivity index (χ0v) is 26.2. The van der Waals surface area contributed by atoms with Crippen molar-refractivity contribution in [2.45, 2.75) is 95.8 Å². The second kappa shape index (κ2) is 11.8. The Balaban J connectivity index is 1.12. The van der Waals surface area contributed by atoms with Crippen LogP contribution in [0, 0.1) is 28.6 Å². The number of nitrogens with zero attached hydrogens (tertiary/aromatic N) is 1. The van der Waals surface area contributed by atoms with Gasteiger partial charge < -0.3 is 30.2 Å². The Labute approximate surface area is 258 Å². The third kappa shape index (κ3) is 5.44. The minimum Gasteiger partial charge on any atom is -0.462 e. The minimum absolute atomic E-state index is 0.0263. The van der Waals surface area contributed by atoms with Crippen LogP contribution in [0.5, 0.6) is 0 Å². The maximum absolute atomic E-state index is 12.7. The third-order valence-electron chi connectivity index (χ3n) is 12.4. The zero-order chi connectivity index (χ0) is 31.3. The van der Waals surface area contributed by atoms with E-state index in [0.29, 0.717) is 44.4 Å². The van der Waals surface area contributed by atoms with Crippen LogP contribution in [0.2, 0.25) is 0 Å². The Morgan fingerprint density at radius 3 is 2.68 bits per heavy atom. The van der Waals surface area contributed by atoms with Gasteiger partial charge >= 0.3 is 17.6 Å². The summed E-state index contributed by atoms with van der Waals surface area (Å²) in [7, 11) is 0. The van der Waals surface area contributed by atoms with Gasteiger partial charge in [0.1, 0.15) is 6.10 Å². The molecule has 4 saturated carbocycles. The van der Waals surface area contributed by atoms with Crippen LogP contribution in [0.4, 0.5) is 4.79 Å². The molecule has 11 heteroatoms. The molecule has 11 nitrogen and oxygen atoms in total. The lowest BCUT2D eigenvalue weighted by Crippen LogP contribution is -2.62. The van der Waals surface area contributed by atoms with Gasteiger partial charge in [0.25, 0.3) is 0 Å². The number of esters is 1.